The molecule has 1 saturated carbocycles. The molecular weight excluding hydrogens is 436 g/mol. The first-order valence-electron chi connectivity index (χ1n) is 12.0. The SMILES string of the molecule is CCOC(=O)CCN1C(=O)C(C2CCCCCC2)N=C(c2ccccc2)c2cc(Cl)ccc21. The van der Waals surface area contributed by atoms with Crippen molar-refractivity contribution < 1.29 is 14.3 Å². The van der Waals surface area contributed by atoms with Crippen molar-refractivity contribution in [3.05, 3.63) is 64.7 Å². The molecule has 4 rings (SSSR count). The van der Waals surface area contributed by atoms with E-state index in [1.165, 1.54) is 12.8 Å². The molecule has 5 nitrogen and oxygen atoms in total. The fourth-order valence-corrected chi connectivity index (χ4v) is 5.07. The van der Waals surface area contributed by atoms with E-state index in [1.54, 1.807) is 17.9 Å². The van der Waals surface area contributed by atoms with Crippen molar-refractivity contribution in [2.24, 2.45) is 10.9 Å². The lowest BCUT2D eigenvalue weighted by molar-refractivity contribution is -0.142. The van der Waals surface area contributed by atoms with Crippen molar-refractivity contribution in [2.75, 3.05) is 18.1 Å². The van der Waals surface area contributed by atoms with Crippen molar-refractivity contribution in [1.29, 1.82) is 0 Å². The molecule has 1 aliphatic carbocycles. The Morgan fingerprint density at radius 3 is 2.52 bits per heavy atom. The maximum atomic E-state index is 14.0. The van der Waals surface area contributed by atoms with E-state index in [0.717, 1.165) is 48.2 Å². The lowest BCUT2D eigenvalue weighted by Crippen LogP contribution is -2.42. The van der Waals surface area contributed by atoms with E-state index in [2.05, 4.69) is 0 Å². The lowest BCUT2D eigenvalue weighted by atomic mass is 9.91. The number of fused-ring (bicyclic) bond motifs is 1. The minimum Gasteiger partial charge on any atom is -0.466 e. The van der Waals surface area contributed by atoms with E-state index in [-0.39, 0.29) is 30.8 Å². The van der Waals surface area contributed by atoms with Gasteiger partial charge in [-0.2, -0.15) is 0 Å². The highest BCUT2D eigenvalue weighted by atomic mass is 35.5. The third-order valence-electron chi connectivity index (χ3n) is 6.53. The first kappa shape index (κ1) is 23.5. The predicted molar refractivity (Wildman–Crippen MR) is 132 cm³/mol. The van der Waals surface area contributed by atoms with Crippen molar-refractivity contribution in [2.45, 2.75) is 57.9 Å². The Bertz CT molecular complexity index is 1010. The van der Waals surface area contributed by atoms with Crippen LogP contribution in [0.5, 0.6) is 0 Å². The summed E-state index contributed by atoms with van der Waals surface area (Å²) in [6.45, 7) is 2.37. The Morgan fingerprint density at radius 2 is 1.82 bits per heavy atom. The van der Waals surface area contributed by atoms with Crippen molar-refractivity contribution in [3.63, 3.8) is 0 Å². The normalized spacial score (nSPS) is 19.3. The van der Waals surface area contributed by atoms with Gasteiger partial charge in [0.15, 0.2) is 0 Å². The number of esters is 1. The first-order valence-corrected chi connectivity index (χ1v) is 12.4. The summed E-state index contributed by atoms with van der Waals surface area (Å²) in [5, 5.41) is 0.586. The Hall–Kier alpha value is -2.66. The van der Waals surface area contributed by atoms with Crippen LogP contribution in [-0.2, 0) is 14.3 Å². The number of hydrogen-bond donors (Lipinski definition) is 0. The molecule has 0 aromatic heterocycles. The minimum absolute atomic E-state index is 0.0410. The summed E-state index contributed by atoms with van der Waals surface area (Å²) in [6, 6.07) is 15.0. The number of amides is 1. The molecule has 174 valence electrons. The minimum atomic E-state index is -0.480. The van der Waals surface area contributed by atoms with Gasteiger partial charge in [-0.3, -0.25) is 14.6 Å². The number of ether oxygens (including phenoxy) is 1. The number of benzodiazepines with no additional fused rings is 1. The molecule has 33 heavy (non-hydrogen) atoms. The predicted octanol–water partition coefficient (Wildman–Crippen LogP) is 5.82. The average Bonchev–Trinajstić information content (AvgIpc) is 3.15. The molecule has 1 heterocycles. The van der Waals surface area contributed by atoms with Crippen LogP contribution < -0.4 is 4.90 Å². The van der Waals surface area contributed by atoms with Crippen molar-refractivity contribution >= 4 is 34.9 Å². The molecule has 1 unspecified atom stereocenters. The molecule has 2 aromatic carbocycles. The molecule has 2 aliphatic rings. The van der Waals surface area contributed by atoms with Crippen LogP contribution in [0.4, 0.5) is 5.69 Å². The highest BCUT2D eigenvalue weighted by Gasteiger charge is 2.37. The van der Waals surface area contributed by atoms with Gasteiger partial charge >= 0.3 is 5.97 Å². The van der Waals surface area contributed by atoms with Gasteiger partial charge in [0, 0.05) is 22.7 Å². The van der Waals surface area contributed by atoms with Crippen LogP contribution in [0.3, 0.4) is 0 Å². The average molecular weight is 467 g/mol. The van der Waals surface area contributed by atoms with E-state index >= 15 is 0 Å². The van der Waals surface area contributed by atoms with Gasteiger partial charge < -0.3 is 9.64 Å². The largest absolute Gasteiger partial charge is 0.466 e. The fourth-order valence-electron chi connectivity index (χ4n) is 4.90. The summed E-state index contributed by atoms with van der Waals surface area (Å²) in [4.78, 5) is 33.0. The van der Waals surface area contributed by atoms with E-state index in [0.29, 0.717) is 11.6 Å². The van der Waals surface area contributed by atoms with E-state index in [9.17, 15) is 9.59 Å². The lowest BCUT2D eigenvalue weighted by Gasteiger charge is -2.28. The second-order valence-corrected chi connectivity index (χ2v) is 9.18. The van der Waals surface area contributed by atoms with Crippen LogP contribution in [0.2, 0.25) is 5.02 Å². The summed E-state index contributed by atoms with van der Waals surface area (Å²) in [6.07, 6.45) is 6.76. The highest BCUT2D eigenvalue weighted by Crippen LogP contribution is 2.35. The maximum absolute atomic E-state index is 14.0. The van der Waals surface area contributed by atoms with Crippen LogP contribution in [0.25, 0.3) is 0 Å². The topological polar surface area (TPSA) is 59.0 Å². The summed E-state index contributed by atoms with van der Waals surface area (Å²) in [5.41, 5.74) is 3.31. The van der Waals surface area contributed by atoms with Crippen LogP contribution in [-0.4, -0.2) is 36.8 Å². The number of nitrogens with zero attached hydrogens (tertiary/aromatic N) is 2. The fraction of sp³-hybridized carbons (Fsp3) is 0.444. The number of aliphatic imine (C=N–C) groups is 1. The Labute approximate surface area is 200 Å². The molecule has 2 aromatic rings. The van der Waals surface area contributed by atoms with E-state index in [1.807, 2.05) is 42.5 Å². The molecule has 0 saturated heterocycles. The van der Waals surface area contributed by atoms with Crippen molar-refractivity contribution in [3.8, 4) is 0 Å². The van der Waals surface area contributed by atoms with Crippen LogP contribution in [0, 0.1) is 5.92 Å². The van der Waals surface area contributed by atoms with Gasteiger partial charge in [-0.25, -0.2) is 0 Å². The maximum Gasteiger partial charge on any atom is 0.307 e. The van der Waals surface area contributed by atoms with Gasteiger partial charge in [-0.05, 0) is 43.9 Å². The molecule has 0 bridgehead atoms. The number of benzene rings is 2. The second kappa shape index (κ2) is 11.0. The van der Waals surface area contributed by atoms with Gasteiger partial charge in [-0.15, -0.1) is 0 Å². The van der Waals surface area contributed by atoms with E-state index in [4.69, 9.17) is 21.3 Å². The standard InChI is InChI=1S/C27H31ClN2O3/c1-2-33-24(31)16-17-30-23-15-14-21(28)18-22(23)25(19-10-8-5-9-11-19)29-26(27(30)32)20-12-6-3-4-7-13-20/h5,8-11,14-15,18,20,26H,2-4,6-7,12-13,16-17H2,1H3. The quantitative estimate of drug-likeness (QED) is 0.398. The first-order chi connectivity index (χ1) is 16.1. The van der Waals surface area contributed by atoms with Gasteiger partial charge in [0.05, 0.1) is 24.4 Å². The number of halogens is 1. The molecular formula is C27H31ClN2O3. The number of rotatable bonds is 6. The Balaban J connectivity index is 1.81. The summed E-state index contributed by atoms with van der Waals surface area (Å²) in [7, 11) is 0. The molecule has 1 amide bonds. The Morgan fingerprint density at radius 1 is 1.09 bits per heavy atom. The molecule has 0 N–H and O–H groups in total. The summed E-state index contributed by atoms with van der Waals surface area (Å²) >= 11 is 6.41. The third kappa shape index (κ3) is 5.47. The zero-order valence-electron chi connectivity index (χ0n) is 19.1. The molecule has 1 aliphatic heterocycles. The molecule has 1 fully saturated rings. The zero-order valence-corrected chi connectivity index (χ0v) is 19.9. The summed E-state index contributed by atoms with van der Waals surface area (Å²) < 4.78 is 5.13. The number of carbonyl (C=O) groups excluding carboxylic acids is 2. The zero-order chi connectivity index (χ0) is 23.2. The number of hydrogen-bond acceptors (Lipinski definition) is 4. The molecule has 1 atom stereocenters. The van der Waals surface area contributed by atoms with Gasteiger partial charge in [0.1, 0.15) is 6.04 Å². The number of carbonyl (C=O) groups is 2. The van der Waals surface area contributed by atoms with Gasteiger partial charge in [0.2, 0.25) is 0 Å². The monoisotopic (exact) mass is 466 g/mol. The summed E-state index contributed by atoms with van der Waals surface area (Å²) in [5.74, 6) is -0.158. The second-order valence-electron chi connectivity index (χ2n) is 8.75. The van der Waals surface area contributed by atoms with Crippen LogP contribution in [0.1, 0.15) is 63.0 Å². The Kier molecular flexibility index (Phi) is 7.81. The third-order valence-corrected chi connectivity index (χ3v) is 6.77. The van der Waals surface area contributed by atoms with E-state index < -0.39 is 6.04 Å². The molecule has 6 heteroatoms. The molecule has 0 radical (unpaired) electrons. The molecule has 0 spiro atoms. The van der Waals surface area contributed by atoms with Crippen LogP contribution >= 0.6 is 11.6 Å². The van der Waals surface area contributed by atoms with Crippen molar-refractivity contribution in [1.82, 2.24) is 0 Å². The van der Waals surface area contributed by atoms with Gasteiger partial charge in [-0.1, -0.05) is 67.6 Å². The highest BCUT2D eigenvalue weighted by molar-refractivity contribution is 6.32. The van der Waals surface area contributed by atoms with Crippen LogP contribution in [0.15, 0.2) is 53.5 Å². The number of anilines is 1. The smallest absolute Gasteiger partial charge is 0.307 e. The van der Waals surface area contributed by atoms with Gasteiger partial charge in [0.25, 0.3) is 5.91 Å².